The molecule has 1 aromatic heterocycles. The first-order chi connectivity index (χ1) is 12.0. The third kappa shape index (κ3) is 3.53. The van der Waals surface area contributed by atoms with E-state index in [0.29, 0.717) is 0 Å². The van der Waals surface area contributed by atoms with Gasteiger partial charge in [-0.3, -0.25) is 0 Å². The quantitative estimate of drug-likeness (QED) is 0.481. The fourth-order valence-corrected chi connectivity index (χ4v) is 3.29. The Morgan fingerprint density at radius 1 is 0.960 bits per heavy atom. The van der Waals surface area contributed by atoms with Gasteiger partial charge < -0.3 is 0 Å². The highest BCUT2D eigenvalue weighted by molar-refractivity contribution is 5.69. The van der Waals surface area contributed by atoms with Crippen molar-refractivity contribution in [2.75, 3.05) is 0 Å². The molecule has 0 radical (unpaired) electrons. The second-order valence-electron chi connectivity index (χ2n) is 6.90. The minimum atomic E-state index is -0.0332. The summed E-state index contributed by atoms with van der Waals surface area (Å²) in [6, 6.07) is 21.1. The molecular formula is C23H25N2+. The maximum absolute atomic E-state index is 4.61. The van der Waals surface area contributed by atoms with Crippen molar-refractivity contribution in [1.82, 2.24) is 4.98 Å². The van der Waals surface area contributed by atoms with Gasteiger partial charge in [-0.25, -0.2) is 4.57 Å². The summed E-state index contributed by atoms with van der Waals surface area (Å²) in [7, 11) is 2.05. The van der Waals surface area contributed by atoms with Crippen LogP contribution in [0.5, 0.6) is 0 Å². The van der Waals surface area contributed by atoms with Crippen LogP contribution in [0.2, 0.25) is 0 Å². The number of benzene rings is 2. The number of hydrogen-bond donors (Lipinski definition) is 0. The summed E-state index contributed by atoms with van der Waals surface area (Å²) in [4.78, 5) is 4.61. The molecule has 0 unspecified atom stereocenters. The van der Waals surface area contributed by atoms with Gasteiger partial charge in [0, 0.05) is 22.6 Å². The van der Waals surface area contributed by atoms with E-state index in [9.17, 15) is 0 Å². The molecule has 0 bridgehead atoms. The minimum absolute atomic E-state index is 0.0332. The van der Waals surface area contributed by atoms with E-state index in [0.717, 1.165) is 11.3 Å². The molecule has 3 rings (SSSR count). The Bertz CT molecular complexity index is 893. The molecule has 0 fully saturated rings. The van der Waals surface area contributed by atoms with Crippen LogP contribution in [-0.2, 0) is 12.5 Å². The van der Waals surface area contributed by atoms with Crippen LogP contribution in [0.4, 0.5) is 0 Å². The van der Waals surface area contributed by atoms with Gasteiger partial charge in [-0.1, -0.05) is 80.6 Å². The van der Waals surface area contributed by atoms with Crippen LogP contribution in [0.3, 0.4) is 0 Å². The number of nitrogens with zero attached hydrogens (tertiary/aromatic N) is 2. The second-order valence-corrected chi connectivity index (χ2v) is 6.90. The van der Waals surface area contributed by atoms with Crippen molar-refractivity contribution in [1.29, 1.82) is 0 Å². The predicted molar refractivity (Wildman–Crippen MR) is 104 cm³/mol. The fraction of sp³-hybridized carbons (Fsp3) is 0.217. The van der Waals surface area contributed by atoms with Crippen molar-refractivity contribution in [3.8, 4) is 22.5 Å². The summed E-state index contributed by atoms with van der Waals surface area (Å²) >= 11 is 0. The number of aromatic nitrogens is 2. The van der Waals surface area contributed by atoms with Gasteiger partial charge in [0.05, 0.1) is 7.05 Å². The van der Waals surface area contributed by atoms with Crippen LogP contribution in [0, 0.1) is 0 Å². The van der Waals surface area contributed by atoms with Gasteiger partial charge in [-0.05, 0) is 17.5 Å². The maximum atomic E-state index is 4.61. The van der Waals surface area contributed by atoms with Gasteiger partial charge >= 0.3 is 0 Å². The summed E-state index contributed by atoms with van der Waals surface area (Å²) in [5.74, 6) is 0. The van der Waals surface area contributed by atoms with Crippen molar-refractivity contribution in [3.63, 3.8) is 0 Å². The first-order valence-corrected chi connectivity index (χ1v) is 8.68. The van der Waals surface area contributed by atoms with Crippen LogP contribution in [-0.4, -0.2) is 4.98 Å². The molecular weight excluding hydrogens is 304 g/mol. The molecule has 0 N–H and O–H groups in total. The summed E-state index contributed by atoms with van der Waals surface area (Å²) in [5, 5.41) is 0. The Balaban J connectivity index is 2.18. The highest BCUT2D eigenvalue weighted by Gasteiger charge is 2.23. The molecule has 2 aromatic carbocycles. The van der Waals surface area contributed by atoms with E-state index in [2.05, 4.69) is 92.0 Å². The van der Waals surface area contributed by atoms with Gasteiger partial charge in [0.15, 0.2) is 5.69 Å². The zero-order chi connectivity index (χ0) is 17.9. The summed E-state index contributed by atoms with van der Waals surface area (Å²) < 4.78 is 2.09. The standard InChI is InChI=1S/C23H25N2/c1-5-15-23(2,3)20-14-10-9-13-19(20)22-16-21(24-17-25(22)4)18-11-7-6-8-12-18/h5-17H,1-4H3/q+1. The highest BCUT2D eigenvalue weighted by Crippen LogP contribution is 2.33. The zero-order valence-electron chi connectivity index (χ0n) is 15.4. The summed E-state index contributed by atoms with van der Waals surface area (Å²) in [5.41, 5.74) is 5.82. The van der Waals surface area contributed by atoms with E-state index >= 15 is 0 Å². The lowest BCUT2D eigenvalue weighted by atomic mass is 9.80. The van der Waals surface area contributed by atoms with Gasteiger partial charge in [-0.2, -0.15) is 0 Å². The average Bonchev–Trinajstić information content (AvgIpc) is 2.63. The molecule has 0 saturated heterocycles. The Hall–Kier alpha value is -2.74. The Morgan fingerprint density at radius 2 is 1.64 bits per heavy atom. The number of hydrogen-bond acceptors (Lipinski definition) is 1. The van der Waals surface area contributed by atoms with E-state index in [1.54, 1.807) is 0 Å². The predicted octanol–water partition coefficient (Wildman–Crippen LogP) is 5.09. The van der Waals surface area contributed by atoms with Crippen molar-refractivity contribution < 1.29 is 4.57 Å². The second kappa shape index (κ2) is 7.02. The normalized spacial score (nSPS) is 11.8. The molecule has 1 heterocycles. The fourth-order valence-electron chi connectivity index (χ4n) is 3.29. The molecule has 0 saturated carbocycles. The first-order valence-electron chi connectivity index (χ1n) is 8.68. The van der Waals surface area contributed by atoms with E-state index in [4.69, 9.17) is 0 Å². The minimum Gasteiger partial charge on any atom is -0.232 e. The topological polar surface area (TPSA) is 16.8 Å². The van der Waals surface area contributed by atoms with E-state index in [1.165, 1.54) is 16.8 Å². The van der Waals surface area contributed by atoms with Gasteiger partial charge in [0.25, 0.3) is 6.33 Å². The number of rotatable bonds is 4. The van der Waals surface area contributed by atoms with Crippen molar-refractivity contribution in [3.05, 3.63) is 84.7 Å². The van der Waals surface area contributed by atoms with Crippen LogP contribution < -0.4 is 4.57 Å². The van der Waals surface area contributed by atoms with Crippen molar-refractivity contribution in [2.24, 2.45) is 7.05 Å². The van der Waals surface area contributed by atoms with Crippen LogP contribution in [0.1, 0.15) is 26.3 Å². The smallest absolute Gasteiger partial charge is 0.232 e. The summed E-state index contributed by atoms with van der Waals surface area (Å²) in [6.45, 7) is 6.58. The van der Waals surface area contributed by atoms with Crippen LogP contribution >= 0.6 is 0 Å². The largest absolute Gasteiger partial charge is 0.287 e. The monoisotopic (exact) mass is 329 g/mol. The maximum Gasteiger partial charge on any atom is 0.287 e. The molecule has 3 aromatic rings. The third-order valence-corrected chi connectivity index (χ3v) is 4.57. The molecule has 0 spiro atoms. The lowest BCUT2D eigenvalue weighted by Gasteiger charge is -2.24. The Kier molecular flexibility index (Phi) is 4.80. The lowest BCUT2D eigenvalue weighted by Crippen LogP contribution is -2.32. The molecule has 25 heavy (non-hydrogen) atoms. The third-order valence-electron chi connectivity index (χ3n) is 4.57. The highest BCUT2D eigenvalue weighted by atomic mass is 15.0. The summed E-state index contributed by atoms with van der Waals surface area (Å²) in [6.07, 6.45) is 6.28. The zero-order valence-corrected chi connectivity index (χ0v) is 15.4. The molecule has 0 atom stereocenters. The van der Waals surface area contributed by atoms with Crippen LogP contribution in [0.15, 0.2) is 79.1 Å². The molecule has 0 aliphatic heterocycles. The van der Waals surface area contributed by atoms with E-state index in [1.807, 2.05) is 24.5 Å². The van der Waals surface area contributed by atoms with Crippen molar-refractivity contribution in [2.45, 2.75) is 26.2 Å². The molecule has 2 nitrogen and oxygen atoms in total. The van der Waals surface area contributed by atoms with Gasteiger partial charge in [0.1, 0.15) is 5.69 Å². The van der Waals surface area contributed by atoms with E-state index in [-0.39, 0.29) is 5.41 Å². The number of aryl methyl sites for hydroxylation is 1. The molecule has 0 aliphatic carbocycles. The Morgan fingerprint density at radius 3 is 2.36 bits per heavy atom. The lowest BCUT2D eigenvalue weighted by molar-refractivity contribution is -0.663. The van der Waals surface area contributed by atoms with Crippen LogP contribution in [0.25, 0.3) is 22.5 Å². The molecule has 0 aliphatic rings. The number of allylic oxidation sites excluding steroid dienone is 2. The Labute approximate surface area is 150 Å². The first kappa shape index (κ1) is 17.1. The average molecular weight is 329 g/mol. The SMILES string of the molecule is CC=CC(C)(C)c1ccccc1-c1cc(-c2ccccc2)nc[n+]1C. The molecule has 126 valence electrons. The van der Waals surface area contributed by atoms with Crippen molar-refractivity contribution >= 4 is 0 Å². The van der Waals surface area contributed by atoms with Gasteiger partial charge in [-0.15, -0.1) is 0 Å². The molecule has 0 amide bonds. The van der Waals surface area contributed by atoms with Gasteiger partial charge in [0.2, 0.25) is 0 Å². The molecule has 2 heteroatoms. The van der Waals surface area contributed by atoms with E-state index < -0.39 is 0 Å².